The highest BCUT2D eigenvalue weighted by atomic mass is 79.9. The van der Waals surface area contributed by atoms with E-state index in [0.29, 0.717) is 27.5 Å². The van der Waals surface area contributed by atoms with Crippen LogP contribution >= 0.6 is 27.7 Å². The topological polar surface area (TPSA) is 102 Å². The minimum Gasteiger partial charge on any atom is -0.503 e. The lowest BCUT2D eigenvalue weighted by Gasteiger charge is -2.19. The summed E-state index contributed by atoms with van der Waals surface area (Å²) >= 11 is 4.56. The summed E-state index contributed by atoms with van der Waals surface area (Å²) in [6.45, 7) is 9.25. The SMILES string of the molecule is CCn1c(SCC(=O)N/N=C/c2cc(Br)c(O)c(OC)c2)nnc1-c1ccc(C(C)(C)C)cc1. The van der Waals surface area contributed by atoms with E-state index in [4.69, 9.17) is 4.74 Å². The van der Waals surface area contributed by atoms with Gasteiger partial charge in [-0.3, -0.25) is 4.79 Å². The van der Waals surface area contributed by atoms with E-state index in [1.54, 1.807) is 12.1 Å². The fourth-order valence-electron chi connectivity index (χ4n) is 3.18. The number of thioether (sulfide) groups is 1. The van der Waals surface area contributed by atoms with E-state index in [-0.39, 0.29) is 22.8 Å². The number of carbonyl (C=O) groups is 1. The molecule has 0 aliphatic heterocycles. The molecule has 0 spiro atoms. The molecule has 180 valence electrons. The maximum atomic E-state index is 12.3. The number of halogens is 1. The van der Waals surface area contributed by atoms with Crippen LogP contribution in [-0.2, 0) is 16.8 Å². The second-order valence-electron chi connectivity index (χ2n) is 8.51. The van der Waals surface area contributed by atoms with E-state index in [2.05, 4.69) is 81.7 Å². The molecule has 0 aliphatic carbocycles. The number of benzene rings is 2. The lowest BCUT2D eigenvalue weighted by atomic mass is 9.87. The van der Waals surface area contributed by atoms with Crippen molar-refractivity contribution in [1.82, 2.24) is 20.2 Å². The molecule has 0 saturated heterocycles. The summed E-state index contributed by atoms with van der Waals surface area (Å²) < 4.78 is 7.57. The van der Waals surface area contributed by atoms with Crippen LogP contribution in [0.15, 0.2) is 51.1 Å². The zero-order chi connectivity index (χ0) is 24.9. The van der Waals surface area contributed by atoms with Crippen molar-refractivity contribution in [3.05, 3.63) is 52.0 Å². The summed E-state index contributed by atoms with van der Waals surface area (Å²) in [4.78, 5) is 12.3. The number of carbonyl (C=O) groups excluding carboxylic acids is 1. The van der Waals surface area contributed by atoms with E-state index in [1.807, 2.05) is 11.5 Å². The monoisotopic (exact) mass is 545 g/mol. The Morgan fingerprint density at radius 3 is 2.59 bits per heavy atom. The first kappa shape index (κ1) is 25.8. The Bertz CT molecular complexity index is 1190. The van der Waals surface area contributed by atoms with Gasteiger partial charge in [0.2, 0.25) is 0 Å². The Balaban J connectivity index is 1.62. The Hall–Kier alpha value is -2.85. The maximum Gasteiger partial charge on any atom is 0.250 e. The van der Waals surface area contributed by atoms with Crippen molar-refractivity contribution in [2.24, 2.45) is 5.10 Å². The number of nitrogens with one attached hydrogen (secondary N) is 1. The first-order valence-electron chi connectivity index (χ1n) is 10.7. The third kappa shape index (κ3) is 6.18. The number of aromatic nitrogens is 3. The quantitative estimate of drug-likeness (QED) is 0.235. The van der Waals surface area contributed by atoms with Crippen LogP contribution in [0.25, 0.3) is 11.4 Å². The van der Waals surface area contributed by atoms with Crippen molar-refractivity contribution in [3.8, 4) is 22.9 Å². The van der Waals surface area contributed by atoms with Gasteiger partial charge in [0.25, 0.3) is 5.91 Å². The van der Waals surface area contributed by atoms with E-state index >= 15 is 0 Å². The van der Waals surface area contributed by atoms with Crippen LogP contribution in [0.2, 0.25) is 0 Å². The van der Waals surface area contributed by atoms with Crippen molar-refractivity contribution in [2.45, 2.75) is 44.8 Å². The van der Waals surface area contributed by atoms with Crippen LogP contribution in [0.5, 0.6) is 11.5 Å². The molecule has 8 nitrogen and oxygen atoms in total. The second-order valence-corrected chi connectivity index (χ2v) is 10.3. The third-order valence-corrected chi connectivity index (χ3v) is 6.62. The van der Waals surface area contributed by atoms with Crippen LogP contribution in [0.3, 0.4) is 0 Å². The van der Waals surface area contributed by atoms with Crippen LogP contribution < -0.4 is 10.2 Å². The molecule has 0 radical (unpaired) electrons. The molecule has 0 bridgehead atoms. The number of amides is 1. The fraction of sp³-hybridized carbons (Fsp3) is 0.333. The molecule has 0 fully saturated rings. The molecule has 1 heterocycles. The molecule has 1 amide bonds. The molecule has 0 unspecified atom stereocenters. The van der Waals surface area contributed by atoms with Gasteiger partial charge in [-0.15, -0.1) is 10.2 Å². The van der Waals surface area contributed by atoms with Crippen LogP contribution in [0, 0.1) is 0 Å². The number of nitrogens with zero attached hydrogens (tertiary/aromatic N) is 4. The van der Waals surface area contributed by atoms with Crippen LogP contribution in [-0.4, -0.2) is 44.9 Å². The van der Waals surface area contributed by atoms with Gasteiger partial charge >= 0.3 is 0 Å². The molecule has 2 N–H and O–H groups in total. The molecule has 0 aliphatic rings. The van der Waals surface area contributed by atoms with Gasteiger partial charge in [0.1, 0.15) is 0 Å². The summed E-state index contributed by atoms with van der Waals surface area (Å²) in [7, 11) is 1.46. The Kier molecular flexibility index (Phi) is 8.37. The summed E-state index contributed by atoms with van der Waals surface area (Å²) in [5.74, 6) is 0.953. The number of rotatable bonds is 8. The number of hydrogen-bond donors (Lipinski definition) is 2. The van der Waals surface area contributed by atoms with Crippen molar-refractivity contribution < 1.29 is 14.6 Å². The molecular weight excluding hydrogens is 518 g/mol. The van der Waals surface area contributed by atoms with Gasteiger partial charge in [-0.25, -0.2) is 5.43 Å². The predicted octanol–water partition coefficient (Wildman–Crippen LogP) is 4.98. The molecule has 10 heteroatoms. The molecule has 3 aromatic rings. The van der Waals surface area contributed by atoms with E-state index in [9.17, 15) is 9.90 Å². The number of phenols is 1. The van der Waals surface area contributed by atoms with Gasteiger partial charge in [0.05, 0.1) is 23.5 Å². The smallest absolute Gasteiger partial charge is 0.250 e. The number of phenolic OH excluding ortho intramolecular Hbond substituents is 1. The molecular formula is C24H28BrN5O3S. The van der Waals surface area contributed by atoms with Crippen LogP contribution in [0.1, 0.15) is 38.8 Å². The predicted molar refractivity (Wildman–Crippen MR) is 139 cm³/mol. The average molecular weight is 546 g/mol. The van der Waals surface area contributed by atoms with Crippen LogP contribution in [0.4, 0.5) is 0 Å². The first-order valence-corrected chi connectivity index (χ1v) is 12.5. The van der Waals surface area contributed by atoms with Crippen molar-refractivity contribution in [2.75, 3.05) is 12.9 Å². The van der Waals surface area contributed by atoms with Crippen molar-refractivity contribution >= 4 is 39.8 Å². The zero-order valence-corrected chi connectivity index (χ0v) is 22.2. The first-order chi connectivity index (χ1) is 16.1. The summed E-state index contributed by atoms with van der Waals surface area (Å²) in [5, 5.41) is 23.2. The molecule has 1 aromatic heterocycles. The number of ether oxygens (including phenoxy) is 1. The number of hydrazone groups is 1. The minimum absolute atomic E-state index is 0.00429. The van der Waals surface area contributed by atoms with Gasteiger partial charge in [-0.05, 0) is 51.5 Å². The molecule has 0 saturated carbocycles. The maximum absolute atomic E-state index is 12.3. The molecule has 2 aromatic carbocycles. The zero-order valence-electron chi connectivity index (χ0n) is 19.8. The number of aromatic hydroxyl groups is 1. The van der Waals surface area contributed by atoms with Gasteiger partial charge < -0.3 is 14.4 Å². The Labute approximate surface area is 211 Å². The molecule has 0 atom stereocenters. The standard InChI is InChI=1S/C24H28BrN5O3S/c1-6-30-22(16-7-9-17(10-8-16)24(2,3)4)28-29-23(30)34-14-20(31)27-26-13-15-11-18(25)21(32)19(12-15)33-5/h7-13,32H,6,14H2,1-5H3,(H,27,31)/b26-13+. The Morgan fingerprint density at radius 2 is 1.97 bits per heavy atom. The van der Waals surface area contributed by atoms with Gasteiger partial charge in [-0.2, -0.15) is 5.10 Å². The average Bonchev–Trinajstić information content (AvgIpc) is 3.22. The minimum atomic E-state index is -0.271. The highest BCUT2D eigenvalue weighted by Crippen LogP contribution is 2.34. The normalized spacial score (nSPS) is 11.7. The third-order valence-electron chi connectivity index (χ3n) is 5.05. The number of hydrogen-bond acceptors (Lipinski definition) is 7. The summed E-state index contributed by atoms with van der Waals surface area (Å²) in [6, 6.07) is 11.6. The highest BCUT2D eigenvalue weighted by molar-refractivity contribution is 9.10. The summed E-state index contributed by atoms with van der Waals surface area (Å²) in [6.07, 6.45) is 1.48. The Morgan fingerprint density at radius 1 is 1.26 bits per heavy atom. The van der Waals surface area contributed by atoms with Gasteiger partial charge in [0, 0.05) is 12.1 Å². The highest BCUT2D eigenvalue weighted by Gasteiger charge is 2.17. The van der Waals surface area contributed by atoms with E-state index < -0.39 is 0 Å². The lowest BCUT2D eigenvalue weighted by molar-refractivity contribution is -0.118. The second kappa shape index (κ2) is 11.1. The van der Waals surface area contributed by atoms with E-state index in [1.165, 1.54) is 30.6 Å². The number of methoxy groups -OCH3 is 1. The van der Waals surface area contributed by atoms with Gasteiger partial charge in [0.15, 0.2) is 22.5 Å². The van der Waals surface area contributed by atoms with Gasteiger partial charge in [-0.1, -0.05) is 56.8 Å². The summed E-state index contributed by atoms with van der Waals surface area (Å²) in [5.41, 5.74) is 5.48. The lowest BCUT2D eigenvalue weighted by Crippen LogP contribution is -2.20. The molecule has 3 rings (SSSR count). The molecule has 34 heavy (non-hydrogen) atoms. The largest absolute Gasteiger partial charge is 0.503 e. The van der Waals surface area contributed by atoms with Crippen molar-refractivity contribution in [1.29, 1.82) is 0 Å². The van der Waals surface area contributed by atoms with Crippen molar-refractivity contribution in [3.63, 3.8) is 0 Å². The fourth-order valence-corrected chi connectivity index (χ4v) is 4.43. The van der Waals surface area contributed by atoms with E-state index in [0.717, 1.165) is 11.4 Å².